The van der Waals surface area contributed by atoms with Crippen molar-refractivity contribution < 1.29 is 37.2 Å². The molecule has 2 heterocycles. The van der Waals surface area contributed by atoms with Gasteiger partial charge in [-0.15, -0.1) is 0 Å². The van der Waals surface area contributed by atoms with Crippen LogP contribution in [0.1, 0.15) is 5.56 Å². The Kier molecular flexibility index (Phi) is 9.75. The molecule has 4 aromatic rings. The molecule has 0 aliphatic carbocycles. The van der Waals surface area contributed by atoms with Crippen LogP contribution in [-0.4, -0.2) is 52.5 Å². The van der Waals surface area contributed by atoms with E-state index in [1.54, 1.807) is 41.0 Å². The predicted octanol–water partition coefficient (Wildman–Crippen LogP) is 3.54. The Labute approximate surface area is 222 Å². The summed E-state index contributed by atoms with van der Waals surface area (Å²) in [5.41, 5.74) is 6.19. The lowest BCUT2D eigenvalue weighted by atomic mass is 10.2. The molecule has 0 fully saturated rings. The minimum absolute atomic E-state index is 0.00255. The molecule has 0 spiro atoms. The predicted molar refractivity (Wildman–Crippen MR) is 138 cm³/mol. The number of aromatic nitrogens is 4. The van der Waals surface area contributed by atoms with E-state index < -0.39 is 32.7 Å². The molecule has 13 nitrogen and oxygen atoms in total. The summed E-state index contributed by atoms with van der Waals surface area (Å²) in [5, 5.41) is 0. The quantitative estimate of drug-likeness (QED) is 0.0807. The summed E-state index contributed by atoms with van der Waals surface area (Å²) >= 11 is 0. The lowest BCUT2D eigenvalue weighted by Crippen LogP contribution is -2.14. The Morgan fingerprint density at radius 3 is 2.77 bits per heavy atom. The van der Waals surface area contributed by atoms with Crippen LogP contribution in [0.2, 0.25) is 0 Å². The zero-order valence-corrected chi connectivity index (χ0v) is 21.6. The van der Waals surface area contributed by atoms with Crippen LogP contribution in [0.15, 0.2) is 59.7 Å². The van der Waals surface area contributed by atoms with Gasteiger partial charge in [0.2, 0.25) is 21.1 Å². The molecule has 1 unspecified atom stereocenters. The number of nitrogens with zero attached hydrogens (tertiary/aromatic N) is 3. The number of carbonyl (C=O) groups is 1. The van der Waals surface area contributed by atoms with Crippen molar-refractivity contribution in [2.45, 2.75) is 13.2 Å². The summed E-state index contributed by atoms with van der Waals surface area (Å²) in [5.74, 6) is -0.138. The lowest BCUT2D eigenvalue weighted by Gasteiger charge is -2.18. The maximum atomic E-state index is 14.0. The molecule has 0 radical (unpaired) electrons. The van der Waals surface area contributed by atoms with Gasteiger partial charge in [-0.25, -0.2) is 14.2 Å². The van der Waals surface area contributed by atoms with Crippen molar-refractivity contribution in [3.8, 4) is 11.5 Å². The Morgan fingerprint density at radius 1 is 1.18 bits per heavy atom. The van der Waals surface area contributed by atoms with E-state index in [1.165, 1.54) is 25.6 Å². The molecule has 1 atom stereocenters. The van der Waals surface area contributed by atoms with Crippen LogP contribution in [0.25, 0.3) is 11.2 Å². The van der Waals surface area contributed by atoms with E-state index in [0.29, 0.717) is 23.5 Å². The molecule has 15 heteroatoms. The third-order valence-electron chi connectivity index (χ3n) is 5.08. The zero-order valence-electron chi connectivity index (χ0n) is 20.7. The van der Waals surface area contributed by atoms with Crippen molar-refractivity contribution in [2.24, 2.45) is 0 Å². The third-order valence-corrected chi connectivity index (χ3v) is 6.28. The van der Waals surface area contributed by atoms with Crippen LogP contribution < -0.4 is 20.8 Å². The summed E-state index contributed by atoms with van der Waals surface area (Å²) in [6.45, 7) is 0.0248. The molecule has 0 aliphatic heterocycles. The van der Waals surface area contributed by atoms with E-state index in [0.717, 1.165) is 0 Å². The highest BCUT2D eigenvalue weighted by molar-refractivity contribution is 7.46. The number of fused-ring (bicyclic) bond motifs is 1. The van der Waals surface area contributed by atoms with Gasteiger partial charge in [-0.3, -0.25) is 14.3 Å². The smallest absolute Gasteiger partial charge is 0.494 e. The zero-order chi connectivity index (χ0) is 27.6. The first-order valence-corrected chi connectivity index (χ1v) is 12.8. The Balaban J connectivity index is 1.31. The number of para-hydroxylation sites is 1. The molecule has 3 N–H and O–H groups in total. The number of anilines is 1. The lowest BCUT2D eigenvalue weighted by molar-refractivity contribution is 0.0244. The third kappa shape index (κ3) is 7.94. The molecule has 2 aromatic heterocycles. The number of hydrogen-bond donors (Lipinski definition) is 2. The Hall–Kier alpha value is -4.10. The number of nitrogen functional groups attached to an aromatic ring is 1. The first-order chi connectivity index (χ1) is 18.9. The molecular weight excluding hydrogens is 536 g/mol. The van der Waals surface area contributed by atoms with Gasteiger partial charge >= 0.3 is 6.16 Å². The number of hydrogen-bond acceptors (Lipinski definition) is 11. The second kappa shape index (κ2) is 13.6. The molecule has 0 saturated heterocycles. The molecule has 39 heavy (non-hydrogen) atoms. The first kappa shape index (κ1) is 27.9. The monoisotopic (exact) mass is 561 g/mol. The average molecular weight is 561 g/mol. The molecule has 2 aromatic carbocycles. The SMILES string of the molecule is COc1ccc(COP(COCCn2cnc3c(=O)[nH]c(N)nc32)OCOC(=O)Oc2ccccc2)cc1F. The Morgan fingerprint density at radius 2 is 2.00 bits per heavy atom. The fourth-order valence-corrected chi connectivity index (χ4v) is 4.21. The van der Waals surface area contributed by atoms with E-state index in [9.17, 15) is 14.0 Å². The molecule has 0 bridgehead atoms. The summed E-state index contributed by atoms with van der Waals surface area (Å²) in [6, 6.07) is 12.8. The van der Waals surface area contributed by atoms with Gasteiger partial charge in [-0.2, -0.15) is 4.98 Å². The van der Waals surface area contributed by atoms with Gasteiger partial charge < -0.3 is 33.8 Å². The van der Waals surface area contributed by atoms with Crippen molar-refractivity contribution in [2.75, 3.05) is 32.6 Å². The molecule has 206 valence electrons. The maximum Gasteiger partial charge on any atom is 0.515 e. The van der Waals surface area contributed by atoms with Crippen LogP contribution in [-0.2, 0) is 31.7 Å². The van der Waals surface area contributed by atoms with Crippen LogP contribution in [0.4, 0.5) is 15.1 Å². The van der Waals surface area contributed by atoms with E-state index in [2.05, 4.69) is 15.0 Å². The Bertz CT molecular complexity index is 1450. The standard InChI is InChI=1S/C24H25FN5O8P/c1-33-19-8-7-16(11-18(19)25)12-36-39(37-14-35-24(32)38-17-5-3-2-4-6-17)15-34-10-9-30-13-27-20-21(30)28-23(26)29-22(20)31/h2-8,11,13H,9-10,12,14-15H2,1H3,(H3,26,28,29,31). The number of nitrogens with two attached hydrogens (primary N) is 1. The minimum Gasteiger partial charge on any atom is -0.494 e. The second-order valence-electron chi connectivity index (χ2n) is 7.73. The van der Waals surface area contributed by atoms with Crippen LogP contribution in [0.3, 0.4) is 0 Å². The molecule has 4 rings (SSSR count). The fourth-order valence-electron chi connectivity index (χ4n) is 3.24. The maximum absolute atomic E-state index is 14.0. The second-order valence-corrected chi connectivity index (χ2v) is 9.17. The fraction of sp³-hybridized carbons (Fsp3) is 0.250. The van der Waals surface area contributed by atoms with Gasteiger partial charge in [0.05, 0.1) is 26.7 Å². The number of rotatable bonds is 13. The van der Waals surface area contributed by atoms with E-state index in [4.69, 9.17) is 33.7 Å². The highest BCUT2D eigenvalue weighted by atomic mass is 31.2. The van der Waals surface area contributed by atoms with E-state index >= 15 is 0 Å². The number of ether oxygens (including phenoxy) is 4. The van der Waals surface area contributed by atoms with Gasteiger partial charge in [0.15, 0.2) is 22.7 Å². The van der Waals surface area contributed by atoms with E-state index in [-0.39, 0.29) is 36.8 Å². The van der Waals surface area contributed by atoms with Gasteiger partial charge in [0.25, 0.3) is 5.56 Å². The first-order valence-electron chi connectivity index (χ1n) is 11.5. The molecule has 0 saturated carbocycles. The number of nitrogens with one attached hydrogen (secondary N) is 1. The van der Waals surface area contributed by atoms with Gasteiger partial charge in [0.1, 0.15) is 12.1 Å². The number of carbonyl (C=O) groups excluding carboxylic acids is 1. The summed E-state index contributed by atoms with van der Waals surface area (Å²) < 4.78 is 47.7. The summed E-state index contributed by atoms with van der Waals surface area (Å²) in [7, 11) is -0.361. The molecular formula is C24H25FN5O8P. The van der Waals surface area contributed by atoms with Gasteiger partial charge in [-0.05, 0) is 29.8 Å². The van der Waals surface area contributed by atoms with Crippen molar-refractivity contribution in [1.82, 2.24) is 19.5 Å². The van der Waals surface area contributed by atoms with Crippen molar-refractivity contribution in [3.05, 3.63) is 76.6 Å². The van der Waals surface area contributed by atoms with Crippen LogP contribution in [0, 0.1) is 5.82 Å². The largest absolute Gasteiger partial charge is 0.515 e. The van der Waals surface area contributed by atoms with Crippen LogP contribution >= 0.6 is 8.38 Å². The number of methoxy groups -OCH3 is 1. The number of imidazole rings is 1. The molecule has 0 amide bonds. The average Bonchev–Trinajstić information content (AvgIpc) is 3.33. The number of aromatic amines is 1. The molecule has 0 aliphatic rings. The summed E-state index contributed by atoms with van der Waals surface area (Å²) in [6.07, 6.45) is 0.493. The van der Waals surface area contributed by atoms with Gasteiger partial charge in [-0.1, -0.05) is 24.3 Å². The van der Waals surface area contributed by atoms with Crippen molar-refractivity contribution >= 4 is 31.6 Å². The topological polar surface area (TPSA) is 162 Å². The number of H-pyrrole nitrogens is 1. The number of benzene rings is 2. The van der Waals surface area contributed by atoms with Crippen molar-refractivity contribution in [1.29, 1.82) is 0 Å². The highest BCUT2D eigenvalue weighted by Gasteiger charge is 2.16. The van der Waals surface area contributed by atoms with Gasteiger partial charge in [0, 0.05) is 6.54 Å². The number of halogens is 1. The van der Waals surface area contributed by atoms with E-state index in [1.807, 2.05) is 0 Å². The summed E-state index contributed by atoms with van der Waals surface area (Å²) in [4.78, 5) is 34.4. The van der Waals surface area contributed by atoms with Crippen molar-refractivity contribution in [3.63, 3.8) is 0 Å². The minimum atomic E-state index is -1.73. The van der Waals surface area contributed by atoms with Crippen LogP contribution in [0.5, 0.6) is 11.5 Å². The normalized spacial score (nSPS) is 11.8. The highest BCUT2D eigenvalue weighted by Crippen LogP contribution is 2.39.